The largest absolute Gasteiger partial charge is 0.478 e. The van der Waals surface area contributed by atoms with Crippen LogP contribution in [0.25, 0.3) is 17.1 Å². The molecule has 106 valence electrons. The predicted molar refractivity (Wildman–Crippen MR) is 80.8 cm³/mol. The molecule has 2 rings (SSSR count). The summed E-state index contributed by atoms with van der Waals surface area (Å²) in [6, 6.07) is 6.23. The molecule has 0 aliphatic carbocycles. The number of hydrogen-bond acceptors (Lipinski definition) is 2. The maximum Gasteiger partial charge on any atom is 0.328 e. The molecule has 4 nitrogen and oxygen atoms in total. The van der Waals surface area contributed by atoms with Crippen molar-refractivity contribution in [1.29, 1.82) is 0 Å². The van der Waals surface area contributed by atoms with E-state index in [0.717, 1.165) is 23.7 Å². The fourth-order valence-electron chi connectivity index (χ4n) is 2.21. The van der Waals surface area contributed by atoms with Gasteiger partial charge in [0.15, 0.2) is 0 Å². The van der Waals surface area contributed by atoms with Gasteiger partial charge in [-0.3, -0.25) is 0 Å². The van der Waals surface area contributed by atoms with Crippen molar-refractivity contribution < 1.29 is 9.90 Å². The van der Waals surface area contributed by atoms with Crippen molar-refractivity contribution in [3.63, 3.8) is 0 Å². The lowest BCUT2D eigenvalue weighted by atomic mass is 9.87. The van der Waals surface area contributed by atoms with Gasteiger partial charge in [0.25, 0.3) is 0 Å². The van der Waals surface area contributed by atoms with Crippen molar-refractivity contribution >= 4 is 23.1 Å². The average Bonchev–Trinajstić information content (AvgIpc) is 2.71. The summed E-state index contributed by atoms with van der Waals surface area (Å²) in [6.07, 6.45) is 2.67. The van der Waals surface area contributed by atoms with Crippen LogP contribution in [0.5, 0.6) is 0 Å². The molecular formula is C16H20N2O2. The number of benzene rings is 1. The van der Waals surface area contributed by atoms with Gasteiger partial charge in [0.1, 0.15) is 5.82 Å². The van der Waals surface area contributed by atoms with E-state index in [4.69, 9.17) is 5.11 Å². The van der Waals surface area contributed by atoms with E-state index < -0.39 is 5.97 Å². The maximum absolute atomic E-state index is 10.6. The molecule has 0 aliphatic rings. The second kappa shape index (κ2) is 5.12. The second-order valence-electron chi connectivity index (χ2n) is 5.84. The topological polar surface area (TPSA) is 55.1 Å². The van der Waals surface area contributed by atoms with Crippen molar-refractivity contribution in [2.45, 2.75) is 39.7 Å². The predicted octanol–water partition coefficient (Wildman–Crippen LogP) is 3.45. The van der Waals surface area contributed by atoms with Crippen LogP contribution in [0.15, 0.2) is 24.3 Å². The standard InChI is InChI=1S/C16H20N2O2/c1-5-18-13-10-11(16(2,3)4)6-7-12(13)17-14(18)8-9-15(19)20/h6-10H,5H2,1-4H3,(H,19,20)/b9-8+. The van der Waals surface area contributed by atoms with Crippen LogP contribution in [-0.4, -0.2) is 20.6 Å². The summed E-state index contributed by atoms with van der Waals surface area (Å²) >= 11 is 0. The van der Waals surface area contributed by atoms with Gasteiger partial charge in [0, 0.05) is 12.6 Å². The minimum Gasteiger partial charge on any atom is -0.478 e. The molecule has 0 atom stereocenters. The molecule has 1 heterocycles. The SMILES string of the molecule is CCn1c(/C=C/C(=O)O)nc2ccc(C(C)(C)C)cc21. The molecule has 0 saturated heterocycles. The third-order valence-electron chi connectivity index (χ3n) is 3.33. The minimum absolute atomic E-state index is 0.0775. The van der Waals surface area contributed by atoms with Gasteiger partial charge in [-0.1, -0.05) is 26.8 Å². The summed E-state index contributed by atoms with van der Waals surface area (Å²) in [5, 5.41) is 8.74. The van der Waals surface area contributed by atoms with Gasteiger partial charge in [0.05, 0.1) is 11.0 Å². The molecule has 0 saturated carbocycles. The summed E-state index contributed by atoms with van der Waals surface area (Å²) < 4.78 is 2.03. The van der Waals surface area contributed by atoms with Gasteiger partial charge < -0.3 is 9.67 Å². The highest BCUT2D eigenvalue weighted by molar-refractivity contribution is 5.86. The normalized spacial score (nSPS) is 12.4. The number of fused-ring (bicyclic) bond motifs is 1. The zero-order chi connectivity index (χ0) is 14.9. The van der Waals surface area contributed by atoms with Crippen LogP contribution in [0.1, 0.15) is 39.1 Å². The maximum atomic E-state index is 10.6. The van der Waals surface area contributed by atoms with Crippen LogP contribution in [0.3, 0.4) is 0 Å². The van der Waals surface area contributed by atoms with E-state index in [9.17, 15) is 4.79 Å². The van der Waals surface area contributed by atoms with Gasteiger partial charge in [-0.05, 0) is 36.1 Å². The van der Waals surface area contributed by atoms with Crippen LogP contribution in [-0.2, 0) is 16.8 Å². The Morgan fingerprint density at radius 2 is 2.10 bits per heavy atom. The van der Waals surface area contributed by atoms with Crippen LogP contribution >= 0.6 is 0 Å². The first kappa shape index (κ1) is 14.3. The molecular weight excluding hydrogens is 252 g/mol. The third-order valence-corrected chi connectivity index (χ3v) is 3.33. The molecule has 0 bridgehead atoms. The van der Waals surface area contributed by atoms with Gasteiger partial charge >= 0.3 is 5.97 Å². The number of imidazole rings is 1. The number of aromatic nitrogens is 2. The van der Waals surface area contributed by atoms with Gasteiger partial charge in [-0.2, -0.15) is 0 Å². The van der Waals surface area contributed by atoms with E-state index in [2.05, 4.69) is 37.9 Å². The Labute approximate surface area is 118 Å². The van der Waals surface area contributed by atoms with Crippen LogP contribution in [0.4, 0.5) is 0 Å². The Hall–Kier alpha value is -2.10. The fraction of sp³-hybridized carbons (Fsp3) is 0.375. The van der Waals surface area contributed by atoms with E-state index in [0.29, 0.717) is 5.82 Å². The van der Waals surface area contributed by atoms with Crippen molar-refractivity contribution in [3.05, 3.63) is 35.7 Å². The summed E-state index contributed by atoms with van der Waals surface area (Å²) in [5.74, 6) is -0.286. The Morgan fingerprint density at radius 3 is 2.65 bits per heavy atom. The van der Waals surface area contributed by atoms with E-state index in [1.165, 1.54) is 5.56 Å². The van der Waals surface area contributed by atoms with Crippen molar-refractivity contribution in [2.24, 2.45) is 0 Å². The number of aliphatic carboxylic acids is 1. The number of nitrogens with zero attached hydrogens (tertiary/aromatic N) is 2. The molecule has 0 aliphatic heterocycles. The monoisotopic (exact) mass is 272 g/mol. The van der Waals surface area contributed by atoms with Gasteiger partial charge in [-0.25, -0.2) is 9.78 Å². The summed E-state index contributed by atoms with van der Waals surface area (Å²) in [7, 11) is 0. The first-order valence-electron chi connectivity index (χ1n) is 6.74. The van der Waals surface area contributed by atoms with E-state index in [1.807, 2.05) is 17.6 Å². The molecule has 20 heavy (non-hydrogen) atoms. The molecule has 2 aromatic rings. The molecule has 0 radical (unpaired) electrons. The number of rotatable bonds is 3. The molecule has 0 spiro atoms. The van der Waals surface area contributed by atoms with Gasteiger partial charge in [0.2, 0.25) is 0 Å². The zero-order valence-electron chi connectivity index (χ0n) is 12.3. The summed E-state index contributed by atoms with van der Waals surface area (Å²) in [4.78, 5) is 15.1. The third kappa shape index (κ3) is 2.74. The first-order chi connectivity index (χ1) is 9.32. The van der Waals surface area contributed by atoms with Crippen molar-refractivity contribution in [3.8, 4) is 0 Å². The molecule has 1 aromatic carbocycles. The smallest absolute Gasteiger partial charge is 0.328 e. The summed E-state index contributed by atoms with van der Waals surface area (Å²) in [6.45, 7) is 9.30. The zero-order valence-corrected chi connectivity index (χ0v) is 12.3. The molecule has 0 amide bonds. The molecule has 1 aromatic heterocycles. The number of carbonyl (C=O) groups is 1. The Balaban J connectivity index is 2.61. The quantitative estimate of drug-likeness (QED) is 0.871. The van der Waals surface area contributed by atoms with E-state index >= 15 is 0 Å². The number of carboxylic acids is 1. The second-order valence-corrected chi connectivity index (χ2v) is 5.84. The average molecular weight is 272 g/mol. The van der Waals surface area contributed by atoms with E-state index in [-0.39, 0.29) is 5.41 Å². The highest BCUT2D eigenvalue weighted by Gasteiger charge is 2.16. The number of carboxylic acid groups (broad SMARTS) is 1. The summed E-state index contributed by atoms with van der Waals surface area (Å²) in [5.41, 5.74) is 3.26. The number of aryl methyl sites for hydroxylation is 1. The molecule has 0 unspecified atom stereocenters. The van der Waals surface area contributed by atoms with Crippen LogP contribution < -0.4 is 0 Å². The lowest BCUT2D eigenvalue weighted by Crippen LogP contribution is -2.11. The van der Waals surface area contributed by atoms with Crippen LogP contribution in [0.2, 0.25) is 0 Å². The molecule has 4 heteroatoms. The first-order valence-corrected chi connectivity index (χ1v) is 6.74. The van der Waals surface area contributed by atoms with Crippen molar-refractivity contribution in [2.75, 3.05) is 0 Å². The lowest BCUT2D eigenvalue weighted by molar-refractivity contribution is -0.131. The Bertz CT molecular complexity index is 676. The fourth-order valence-corrected chi connectivity index (χ4v) is 2.21. The highest BCUT2D eigenvalue weighted by Crippen LogP contribution is 2.27. The van der Waals surface area contributed by atoms with Gasteiger partial charge in [-0.15, -0.1) is 0 Å². The Kier molecular flexibility index (Phi) is 3.66. The Morgan fingerprint density at radius 1 is 1.40 bits per heavy atom. The van der Waals surface area contributed by atoms with Crippen molar-refractivity contribution in [1.82, 2.24) is 9.55 Å². The molecule has 1 N–H and O–H groups in total. The minimum atomic E-state index is -0.963. The highest BCUT2D eigenvalue weighted by atomic mass is 16.4. The lowest BCUT2D eigenvalue weighted by Gasteiger charge is -2.19. The molecule has 0 fully saturated rings. The van der Waals surface area contributed by atoms with Crippen LogP contribution in [0, 0.1) is 0 Å². The number of hydrogen-bond donors (Lipinski definition) is 1. The van der Waals surface area contributed by atoms with E-state index in [1.54, 1.807) is 6.08 Å².